The monoisotopic (exact) mass is 277 g/mol. The van der Waals surface area contributed by atoms with Gasteiger partial charge in [-0.3, -0.25) is 4.79 Å². The molecule has 2 heterocycles. The zero-order chi connectivity index (χ0) is 14.5. The average molecular weight is 277 g/mol. The Balaban J connectivity index is 1.99. The van der Waals surface area contributed by atoms with E-state index >= 15 is 0 Å². The molecule has 7 heteroatoms. The summed E-state index contributed by atoms with van der Waals surface area (Å²) in [6, 6.07) is 1.34. The van der Waals surface area contributed by atoms with Crippen LogP contribution in [0.25, 0.3) is 0 Å². The smallest absolute Gasteiger partial charge is 0.270 e. The predicted octanol–water partition coefficient (Wildman–Crippen LogP) is 0.174. The Hall–Kier alpha value is -2.15. The zero-order valence-corrected chi connectivity index (χ0v) is 11.7. The molecule has 0 saturated heterocycles. The predicted molar refractivity (Wildman–Crippen MR) is 74.6 cm³/mol. The van der Waals surface area contributed by atoms with Gasteiger partial charge in [-0.25, -0.2) is 9.67 Å². The molecule has 0 aliphatic heterocycles. The number of aromatic nitrogens is 4. The van der Waals surface area contributed by atoms with Crippen molar-refractivity contribution in [2.24, 2.45) is 5.73 Å². The van der Waals surface area contributed by atoms with Crippen molar-refractivity contribution < 1.29 is 4.74 Å². The van der Waals surface area contributed by atoms with Crippen molar-refractivity contribution >= 4 is 0 Å². The molecular weight excluding hydrogens is 258 g/mol. The lowest BCUT2D eigenvalue weighted by molar-refractivity contribution is 0.292. The van der Waals surface area contributed by atoms with E-state index < -0.39 is 0 Å². The van der Waals surface area contributed by atoms with Crippen LogP contribution < -0.4 is 16.0 Å². The normalized spacial score (nSPS) is 12.3. The number of rotatable bonds is 6. The number of hydrogen-bond donors (Lipinski definition) is 1. The minimum Gasteiger partial charge on any atom is -0.490 e. The first-order valence-corrected chi connectivity index (χ1v) is 6.49. The number of imidazole rings is 1. The molecule has 0 spiro atoms. The van der Waals surface area contributed by atoms with Crippen molar-refractivity contribution in [3.05, 3.63) is 40.8 Å². The standard InChI is InChI=1S/C13H19N5O2/c1-10(14)9-20-12-7-13(19)18(16-8-12)6-5-17-4-3-15-11(17)2/h3-4,7-8,10H,5-6,9,14H2,1-2H3. The molecule has 0 aliphatic carbocycles. The van der Waals surface area contributed by atoms with Crippen molar-refractivity contribution in [2.75, 3.05) is 6.61 Å². The zero-order valence-electron chi connectivity index (χ0n) is 11.7. The molecule has 2 N–H and O–H groups in total. The van der Waals surface area contributed by atoms with Crippen molar-refractivity contribution in [1.29, 1.82) is 0 Å². The van der Waals surface area contributed by atoms with E-state index in [4.69, 9.17) is 10.5 Å². The highest BCUT2D eigenvalue weighted by atomic mass is 16.5. The number of aryl methyl sites for hydroxylation is 3. The molecule has 0 amide bonds. The van der Waals surface area contributed by atoms with E-state index in [9.17, 15) is 4.79 Å². The van der Waals surface area contributed by atoms with Gasteiger partial charge >= 0.3 is 0 Å². The van der Waals surface area contributed by atoms with Gasteiger partial charge in [0.15, 0.2) is 0 Å². The maximum atomic E-state index is 11.9. The highest BCUT2D eigenvalue weighted by molar-refractivity contribution is 5.13. The fourth-order valence-corrected chi connectivity index (χ4v) is 1.73. The van der Waals surface area contributed by atoms with E-state index in [2.05, 4.69) is 10.1 Å². The van der Waals surface area contributed by atoms with Crippen LogP contribution in [0.4, 0.5) is 0 Å². The Morgan fingerprint density at radius 1 is 1.45 bits per heavy atom. The summed E-state index contributed by atoms with van der Waals surface area (Å²) in [5, 5.41) is 4.09. The third-order valence-electron chi connectivity index (χ3n) is 2.83. The molecule has 0 radical (unpaired) electrons. The second-order valence-corrected chi connectivity index (χ2v) is 4.71. The topological polar surface area (TPSA) is 88.0 Å². The van der Waals surface area contributed by atoms with E-state index in [0.29, 0.717) is 25.4 Å². The van der Waals surface area contributed by atoms with Crippen molar-refractivity contribution in [1.82, 2.24) is 19.3 Å². The molecule has 0 saturated carbocycles. The average Bonchev–Trinajstić information content (AvgIpc) is 2.81. The molecule has 2 rings (SSSR count). The van der Waals surface area contributed by atoms with E-state index in [1.165, 1.54) is 16.9 Å². The summed E-state index contributed by atoms with van der Waals surface area (Å²) in [7, 11) is 0. The second kappa shape index (κ2) is 6.33. The lowest BCUT2D eigenvalue weighted by Gasteiger charge is -2.10. The van der Waals surface area contributed by atoms with Crippen LogP contribution in [0.3, 0.4) is 0 Å². The van der Waals surface area contributed by atoms with Gasteiger partial charge in [-0.05, 0) is 13.8 Å². The van der Waals surface area contributed by atoms with Crippen LogP contribution in [0.15, 0.2) is 29.5 Å². The molecule has 7 nitrogen and oxygen atoms in total. The number of nitrogens with zero attached hydrogens (tertiary/aromatic N) is 4. The van der Waals surface area contributed by atoms with Gasteiger partial charge in [0.1, 0.15) is 18.2 Å². The number of ether oxygens (including phenoxy) is 1. The van der Waals surface area contributed by atoms with Crippen LogP contribution >= 0.6 is 0 Å². The van der Waals surface area contributed by atoms with Gasteiger partial charge in [-0.15, -0.1) is 0 Å². The van der Waals surface area contributed by atoms with Gasteiger partial charge in [0.05, 0.1) is 12.7 Å². The number of hydrogen-bond acceptors (Lipinski definition) is 5. The van der Waals surface area contributed by atoms with Crippen LogP contribution in [-0.4, -0.2) is 32.0 Å². The highest BCUT2D eigenvalue weighted by Crippen LogP contribution is 2.04. The minimum atomic E-state index is -0.190. The van der Waals surface area contributed by atoms with E-state index in [0.717, 1.165) is 5.82 Å². The van der Waals surface area contributed by atoms with Crippen LogP contribution in [0.2, 0.25) is 0 Å². The van der Waals surface area contributed by atoms with Gasteiger partial charge in [-0.2, -0.15) is 5.10 Å². The SMILES string of the molecule is Cc1nccn1CCn1ncc(OCC(C)N)cc1=O. The first-order valence-electron chi connectivity index (χ1n) is 6.49. The molecular formula is C13H19N5O2. The molecule has 20 heavy (non-hydrogen) atoms. The summed E-state index contributed by atoms with van der Waals surface area (Å²) < 4.78 is 8.72. The highest BCUT2D eigenvalue weighted by Gasteiger charge is 2.03. The second-order valence-electron chi connectivity index (χ2n) is 4.71. The molecule has 0 aromatic carbocycles. The van der Waals surface area contributed by atoms with Crippen molar-refractivity contribution in [3.63, 3.8) is 0 Å². The minimum absolute atomic E-state index is 0.0818. The summed E-state index contributed by atoms with van der Waals surface area (Å²) in [5.41, 5.74) is 5.40. The molecule has 108 valence electrons. The molecule has 0 fully saturated rings. The molecule has 0 aliphatic rings. The Kier molecular flexibility index (Phi) is 4.52. The summed E-state index contributed by atoms with van der Waals surface area (Å²) >= 11 is 0. The fourth-order valence-electron chi connectivity index (χ4n) is 1.73. The summed E-state index contributed by atoms with van der Waals surface area (Å²) in [6.45, 7) is 5.25. The van der Waals surface area contributed by atoms with E-state index in [-0.39, 0.29) is 11.6 Å². The first kappa shape index (κ1) is 14.3. The Bertz CT molecular complexity index is 617. The maximum Gasteiger partial charge on any atom is 0.270 e. The molecule has 0 bridgehead atoms. The lowest BCUT2D eigenvalue weighted by Crippen LogP contribution is -2.26. The quantitative estimate of drug-likeness (QED) is 0.813. The number of nitrogens with two attached hydrogens (primary N) is 1. The third-order valence-corrected chi connectivity index (χ3v) is 2.83. The first-order chi connectivity index (χ1) is 9.56. The molecule has 1 unspecified atom stereocenters. The lowest BCUT2D eigenvalue weighted by atomic mass is 10.4. The Morgan fingerprint density at radius 3 is 2.85 bits per heavy atom. The van der Waals surface area contributed by atoms with Gasteiger partial charge in [0.2, 0.25) is 0 Å². The van der Waals surface area contributed by atoms with Crippen molar-refractivity contribution in [3.8, 4) is 5.75 Å². The summed E-state index contributed by atoms with van der Waals surface area (Å²) in [5.74, 6) is 1.36. The Morgan fingerprint density at radius 2 is 2.25 bits per heavy atom. The fraction of sp³-hybridized carbons (Fsp3) is 0.462. The van der Waals surface area contributed by atoms with Crippen LogP contribution in [0.5, 0.6) is 5.75 Å². The van der Waals surface area contributed by atoms with Gasteiger partial charge in [-0.1, -0.05) is 0 Å². The van der Waals surface area contributed by atoms with Gasteiger partial charge in [0.25, 0.3) is 5.56 Å². The van der Waals surface area contributed by atoms with Crippen LogP contribution in [0.1, 0.15) is 12.7 Å². The van der Waals surface area contributed by atoms with Gasteiger partial charge < -0.3 is 15.0 Å². The van der Waals surface area contributed by atoms with Crippen LogP contribution in [-0.2, 0) is 13.1 Å². The van der Waals surface area contributed by atoms with E-state index in [1.54, 1.807) is 6.20 Å². The maximum absolute atomic E-state index is 11.9. The van der Waals surface area contributed by atoms with Crippen LogP contribution in [0, 0.1) is 6.92 Å². The van der Waals surface area contributed by atoms with E-state index in [1.807, 2.05) is 24.6 Å². The largest absolute Gasteiger partial charge is 0.490 e. The molecule has 2 aromatic rings. The molecule has 1 atom stereocenters. The van der Waals surface area contributed by atoms with Crippen molar-refractivity contribution in [2.45, 2.75) is 33.0 Å². The summed E-state index contributed by atoms with van der Waals surface area (Å²) in [4.78, 5) is 16.0. The molecule has 2 aromatic heterocycles. The Labute approximate surface area is 117 Å². The van der Waals surface area contributed by atoms with Gasteiger partial charge in [0, 0.05) is 31.0 Å². The third kappa shape index (κ3) is 3.67. The summed E-state index contributed by atoms with van der Waals surface area (Å²) in [6.07, 6.45) is 5.14.